The number of nitrogens with zero attached hydrogens (tertiary/aromatic N) is 1. The standard InChI is InChI=1S/C16H16ClNO3S.C6H6O3S/c1-21-16(20)15(11-4-2-3-5-12(11)17)18-7-6-13-10(9-18)8-14(19)22-13;7-10(8,9)6-4-2-1-3-5-6/h2-5,8,13,15H,6-7,9H2,1H3;1-5H,(H,7,8,9)/t13?,15-;/m0./s1. The van der Waals surface area contributed by atoms with E-state index in [9.17, 15) is 18.0 Å². The van der Waals surface area contributed by atoms with E-state index in [0.717, 1.165) is 24.1 Å². The van der Waals surface area contributed by atoms with Gasteiger partial charge in [-0.05, 0) is 41.8 Å². The number of hydrogen-bond donors (Lipinski definition) is 1. The molecule has 2 aliphatic rings. The Morgan fingerprint density at radius 3 is 2.44 bits per heavy atom. The molecule has 0 saturated carbocycles. The predicted molar refractivity (Wildman–Crippen MR) is 123 cm³/mol. The number of rotatable bonds is 4. The van der Waals surface area contributed by atoms with Crippen LogP contribution in [0.4, 0.5) is 0 Å². The highest BCUT2D eigenvalue weighted by atomic mass is 35.5. The lowest BCUT2D eigenvalue weighted by atomic mass is 9.98. The minimum atomic E-state index is -4.00. The number of carbonyl (C=O) groups excluding carboxylic acids is 2. The molecule has 0 bridgehead atoms. The Hall–Kier alpha value is -2.17. The molecule has 2 aromatic rings. The van der Waals surface area contributed by atoms with E-state index in [1.807, 2.05) is 23.1 Å². The van der Waals surface area contributed by atoms with Crippen LogP contribution in [-0.4, -0.2) is 54.4 Å². The number of fused-ring (bicyclic) bond motifs is 1. The highest BCUT2D eigenvalue weighted by molar-refractivity contribution is 8.15. The van der Waals surface area contributed by atoms with Gasteiger partial charge in [-0.1, -0.05) is 59.8 Å². The van der Waals surface area contributed by atoms with Crippen LogP contribution in [0.3, 0.4) is 0 Å². The molecule has 0 aliphatic carbocycles. The fourth-order valence-electron chi connectivity index (χ4n) is 3.58. The van der Waals surface area contributed by atoms with Gasteiger partial charge in [-0.15, -0.1) is 0 Å². The zero-order valence-corrected chi connectivity index (χ0v) is 19.6. The normalized spacial score (nSPS) is 19.3. The van der Waals surface area contributed by atoms with Crippen LogP contribution >= 0.6 is 23.4 Å². The number of thioether (sulfide) groups is 1. The van der Waals surface area contributed by atoms with Crippen molar-refractivity contribution in [3.05, 3.63) is 76.8 Å². The largest absolute Gasteiger partial charge is 0.468 e. The van der Waals surface area contributed by atoms with Crippen LogP contribution in [-0.2, 0) is 24.4 Å². The van der Waals surface area contributed by atoms with Gasteiger partial charge in [0.15, 0.2) is 0 Å². The van der Waals surface area contributed by atoms with Gasteiger partial charge in [0.25, 0.3) is 10.1 Å². The van der Waals surface area contributed by atoms with E-state index in [1.165, 1.54) is 31.0 Å². The fourth-order valence-corrected chi connectivity index (χ4v) is 5.33. The predicted octanol–water partition coefficient (Wildman–Crippen LogP) is 3.76. The lowest BCUT2D eigenvalue weighted by Crippen LogP contribution is -2.42. The van der Waals surface area contributed by atoms with Gasteiger partial charge < -0.3 is 4.74 Å². The summed E-state index contributed by atoms with van der Waals surface area (Å²) in [6.07, 6.45) is 2.54. The van der Waals surface area contributed by atoms with Gasteiger partial charge in [0.2, 0.25) is 5.12 Å². The fraction of sp³-hybridized carbons (Fsp3) is 0.273. The number of methoxy groups -OCH3 is 1. The van der Waals surface area contributed by atoms with Crippen molar-refractivity contribution < 1.29 is 27.3 Å². The Balaban J connectivity index is 0.000000243. The second-order valence-corrected chi connectivity index (χ2v) is 10.2. The SMILES string of the molecule is COC(=O)[C@H](c1ccccc1Cl)N1CCC2SC(=O)C=C2C1.O=S(=O)(O)c1ccccc1. The second kappa shape index (κ2) is 10.6. The van der Waals surface area contributed by atoms with E-state index >= 15 is 0 Å². The zero-order chi connectivity index (χ0) is 23.3. The van der Waals surface area contributed by atoms with E-state index in [4.69, 9.17) is 20.9 Å². The lowest BCUT2D eigenvalue weighted by Gasteiger charge is -2.36. The first-order valence-electron chi connectivity index (χ1n) is 9.70. The third kappa shape index (κ3) is 5.99. The minimum absolute atomic E-state index is 0.0741. The summed E-state index contributed by atoms with van der Waals surface area (Å²) in [5.74, 6) is -0.330. The minimum Gasteiger partial charge on any atom is -0.468 e. The van der Waals surface area contributed by atoms with Crippen molar-refractivity contribution in [3.63, 3.8) is 0 Å². The highest BCUT2D eigenvalue weighted by Gasteiger charge is 2.37. The van der Waals surface area contributed by atoms with Gasteiger partial charge in [-0.2, -0.15) is 8.42 Å². The summed E-state index contributed by atoms with van der Waals surface area (Å²) in [6, 6.07) is 14.2. The molecule has 2 atom stereocenters. The van der Waals surface area contributed by atoms with E-state index < -0.39 is 16.2 Å². The Bertz CT molecular complexity index is 1120. The number of likely N-dealkylation sites (tertiary alicyclic amines) is 1. The van der Waals surface area contributed by atoms with Gasteiger partial charge in [0.05, 0.1) is 12.0 Å². The van der Waals surface area contributed by atoms with Crippen molar-refractivity contribution in [1.29, 1.82) is 0 Å². The summed E-state index contributed by atoms with van der Waals surface area (Å²) in [5, 5.41) is 0.911. The summed E-state index contributed by atoms with van der Waals surface area (Å²) in [4.78, 5) is 25.8. The molecule has 1 fully saturated rings. The molecule has 0 amide bonds. The molecule has 32 heavy (non-hydrogen) atoms. The Labute approximate surface area is 196 Å². The molecule has 2 heterocycles. The van der Waals surface area contributed by atoms with Crippen LogP contribution in [0.2, 0.25) is 5.02 Å². The number of piperidine rings is 1. The van der Waals surface area contributed by atoms with Crippen LogP contribution in [0.1, 0.15) is 18.0 Å². The van der Waals surface area contributed by atoms with Crippen LogP contribution < -0.4 is 0 Å². The highest BCUT2D eigenvalue weighted by Crippen LogP contribution is 2.38. The molecule has 0 aromatic heterocycles. The molecule has 10 heteroatoms. The monoisotopic (exact) mass is 495 g/mol. The number of hydrogen-bond acceptors (Lipinski definition) is 7. The number of benzene rings is 2. The summed E-state index contributed by atoms with van der Waals surface area (Å²) in [5.41, 5.74) is 1.83. The zero-order valence-electron chi connectivity index (χ0n) is 17.2. The van der Waals surface area contributed by atoms with Gasteiger partial charge in [0, 0.05) is 23.4 Å². The molecule has 170 valence electrons. The molecule has 1 N–H and O–H groups in total. The molecular weight excluding hydrogens is 474 g/mol. The van der Waals surface area contributed by atoms with Crippen molar-refractivity contribution in [1.82, 2.24) is 4.90 Å². The summed E-state index contributed by atoms with van der Waals surface area (Å²) < 4.78 is 34.2. The third-order valence-electron chi connectivity index (χ3n) is 5.07. The Morgan fingerprint density at radius 2 is 1.84 bits per heavy atom. The number of esters is 1. The molecule has 4 rings (SSSR count). The number of ether oxygens (including phenoxy) is 1. The average molecular weight is 496 g/mol. The van der Waals surface area contributed by atoms with Gasteiger partial charge in [-0.3, -0.25) is 14.2 Å². The second-order valence-electron chi connectivity index (χ2n) is 7.14. The third-order valence-corrected chi connectivity index (χ3v) is 7.46. The summed E-state index contributed by atoms with van der Waals surface area (Å²) >= 11 is 7.64. The van der Waals surface area contributed by atoms with Gasteiger partial charge in [0.1, 0.15) is 6.04 Å². The van der Waals surface area contributed by atoms with Crippen molar-refractivity contribution in [2.24, 2.45) is 0 Å². The smallest absolute Gasteiger partial charge is 0.327 e. The molecule has 2 aromatic carbocycles. The van der Waals surface area contributed by atoms with Gasteiger partial charge >= 0.3 is 5.97 Å². The first-order chi connectivity index (χ1) is 15.2. The quantitative estimate of drug-likeness (QED) is 0.505. The van der Waals surface area contributed by atoms with Crippen LogP contribution in [0.5, 0.6) is 0 Å². The first kappa shape index (κ1) is 24.5. The number of halogens is 1. The maximum atomic E-state index is 12.3. The van der Waals surface area contributed by atoms with E-state index in [0.29, 0.717) is 11.6 Å². The summed E-state index contributed by atoms with van der Waals surface area (Å²) in [7, 11) is -2.62. The van der Waals surface area contributed by atoms with Crippen LogP contribution in [0, 0.1) is 0 Å². The Morgan fingerprint density at radius 1 is 1.19 bits per heavy atom. The Kier molecular flexibility index (Phi) is 8.13. The topological polar surface area (TPSA) is 101 Å². The molecular formula is C22H22ClNO6S2. The maximum absolute atomic E-state index is 12.3. The molecule has 1 unspecified atom stereocenters. The van der Waals surface area contributed by atoms with Crippen molar-refractivity contribution in [3.8, 4) is 0 Å². The molecule has 0 radical (unpaired) electrons. The maximum Gasteiger partial charge on any atom is 0.327 e. The van der Waals surface area contributed by atoms with Crippen LogP contribution in [0.25, 0.3) is 0 Å². The number of carbonyl (C=O) groups is 2. The first-order valence-corrected chi connectivity index (χ1v) is 12.4. The average Bonchev–Trinajstić information content (AvgIpc) is 3.15. The van der Waals surface area contributed by atoms with Crippen molar-refractivity contribution in [2.45, 2.75) is 22.6 Å². The molecule has 0 spiro atoms. The van der Waals surface area contributed by atoms with Crippen molar-refractivity contribution in [2.75, 3.05) is 20.2 Å². The van der Waals surface area contributed by atoms with E-state index in [-0.39, 0.29) is 21.2 Å². The summed E-state index contributed by atoms with van der Waals surface area (Å²) in [6.45, 7) is 1.32. The van der Waals surface area contributed by atoms with E-state index in [2.05, 4.69) is 0 Å². The van der Waals surface area contributed by atoms with Crippen LogP contribution in [0.15, 0.2) is 71.1 Å². The molecule has 1 saturated heterocycles. The molecule has 2 aliphatic heterocycles. The van der Waals surface area contributed by atoms with E-state index in [1.54, 1.807) is 30.3 Å². The lowest BCUT2D eigenvalue weighted by molar-refractivity contribution is -0.147. The van der Waals surface area contributed by atoms with Gasteiger partial charge in [-0.25, -0.2) is 4.79 Å². The molecule has 7 nitrogen and oxygen atoms in total. The van der Waals surface area contributed by atoms with Crippen molar-refractivity contribution >= 4 is 44.6 Å².